The van der Waals surface area contributed by atoms with Crippen LogP contribution in [0.3, 0.4) is 0 Å². The molecule has 2 aromatic rings. The normalized spacial score (nSPS) is 28.6. The number of nitrogens with two attached hydrogens (primary N) is 1. The van der Waals surface area contributed by atoms with Crippen LogP contribution in [0.2, 0.25) is 0 Å². The van der Waals surface area contributed by atoms with E-state index in [-0.39, 0.29) is 17.0 Å². The van der Waals surface area contributed by atoms with Gasteiger partial charge in [-0.25, -0.2) is 42.5 Å². The number of halogens is 1. The molecule has 0 aromatic carbocycles. The van der Waals surface area contributed by atoms with Crippen LogP contribution in [0.1, 0.15) is 40.8 Å². The van der Waals surface area contributed by atoms with E-state index >= 15 is 0 Å². The third-order valence-electron chi connectivity index (χ3n) is 6.45. The molecule has 0 bridgehead atoms. The standard InChI is InChI=1S/C22H31FN5O13P/c1-11(2)38-18(29)34-9-36-42(33,37-10-35-19(30)39-12(3)4)41-16-21(6-23)22(16,32)20(5,31)17(40-21)28-8-27-13-14(24)25-7-26-15(13)28/h7-8,11-12,16-17,31-32H,6,9-10H2,1-5H3,(H2,24,25,26)/t16?,17-,20+,21-,22+/m1/s1. The minimum atomic E-state index is -4.97. The fourth-order valence-electron chi connectivity index (χ4n) is 4.50. The number of hydrogen-bond donors (Lipinski definition) is 3. The minimum Gasteiger partial charge on any atom is -0.432 e. The van der Waals surface area contributed by atoms with E-state index in [9.17, 15) is 28.8 Å². The van der Waals surface area contributed by atoms with E-state index < -0.39 is 81.7 Å². The Morgan fingerprint density at radius 2 is 1.67 bits per heavy atom. The Hall–Kier alpha value is -3.19. The summed E-state index contributed by atoms with van der Waals surface area (Å²) in [5.74, 6) is 0.0240. The zero-order valence-corrected chi connectivity index (χ0v) is 24.1. The highest BCUT2D eigenvalue weighted by molar-refractivity contribution is 7.48. The van der Waals surface area contributed by atoms with Gasteiger partial charge in [0.15, 0.2) is 28.9 Å². The number of aliphatic hydroxyl groups is 2. The molecule has 234 valence electrons. The molecule has 20 heteroatoms. The van der Waals surface area contributed by atoms with Gasteiger partial charge in [-0.05, 0) is 34.6 Å². The van der Waals surface area contributed by atoms with Crippen molar-refractivity contribution >= 4 is 37.1 Å². The molecule has 1 unspecified atom stereocenters. The summed E-state index contributed by atoms with van der Waals surface area (Å²) in [4.78, 5) is 35.3. The topological polar surface area (TPSA) is 235 Å². The van der Waals surface area contributed by atoms with E-state index in [4.69, 9.17) is 33.5 Å². The van der Waals surface area contributed by atoms with Gasteiger partial charge in [-0.3, -0.25) is 9.09 Å². The summed E-state index contributed by atoms with van der Waals surface area (Å²) in [7, 11) is -4.97. The van der Waals surface area contributed by atoms with Crippen LogP contribution in [0.4, 0.5) is 19.8 Å². The molecule has 4 N–H and O–H groups in total. The number of rotatable bonds is 12. The number of carbonyl (C=O) groups excluding carboxylic acids is 2. The highest BCUT2D eigenvalue weighted by atomic mass is 31.2. The second-order valence-corrected chi connectivity index (χ2v) is 11.7. The van der Waals surface area contributed by atoms with Gasteiger partial charge in [0.1, 0.15) is 30.2 Å². The number of carbonyl (C=O) groups is 2. The van der Waals surface area contributed by atoms with Gasteiger partial charge >= 0.3 is 20.1 Å². The van der Waals surface area contributed by atoms with Gasteiger partial charge in [0.2, 0.25) is 13.6 Å². The number of nitrogen functional groups attached to an aromatic ring is 1. The molecular formula is C22H31FN5O13P. The van der Waals surface area contributed by atoms with Crippen molar-refractivity contribution in [1.29, 1.82) is 0 Å². The lowest BCUT2D eigenvalue weighted by Crippen LogP contribution is -2.49. The molecule has 4 rings (SSSR count). The van der Waals surface area contributed by atoms with Crippen LogP contribution in [0.25, 0.3) is 11.2 Å². The number of ether oxygens (including phenoxy) is 5. The summed E-state index contributed by atoms with van der Waals surface area (Å²) in [6, 6.07) is 0. The smallest absolute Gasteiger partial charge is 0.432 e. The molecular weight excluding hydrogens is 592 g/mol. The number of fused-ring (bicyclic) bond motifs is 2. The molecule has 1 saturated carbocycles. The number of nitrogens with zero attached hydrogens (tertiary/aromatic N) is 4. The van der Waals surface area contributed by atoms with E-state index in [1.807, 2.05) is 0 Å². The van der Waals surface area contributed by atoms with E-state index in [0.717, 1.165) is 13.3 Å². The van der Waals surface area contributed by atoms with Gasteiger partial charge in [0.05, 0.1) is 18.5 Å². The number of anilines is 1. The van der Waals surface area contributed by atoms with Crippen molar-refractivity contribution in [1.82, 2.24) is 19.5 Å². The SMILES string of the molecule is CC(C)OC(=O)OCOP(=O)(OCOC(=O)OC(C)C)OC1[C@]2(O)[C@@](C)(O)[C@H](n3cnc4c(N)ncnc43)O[C@]12CF. The molecule has 2 fully saturated rings. The van der Waals surface area contributed by atoms with Crippen LogP contribution in [0, 0.1) is 0 Å². The second kappa shape index (κ2) is 11.5. The quantitative estimate of drug-likeness (QED) is 0.173. The van der Waals surface area contributed by atoms with Crippen molar-refractivity contribution in [3.8, 4) is 0 Å². The number of hydrogen-bond acceptors (Lipinski definition) is 17. The molecule has 0 spiro atoms. The number of imidazole rings is 1. The van der Waals surface area contributed by atoms with Crippen molar-refractivity contribution in [2.45, 2.75) is 76.0 Å². The summed E-state index contributed by atoms with van der Waals surface area (Å²) >= 11 is 0. The Labute approximate surface area is 237 Å². The Morgan fingerprint density at radius 3 is 2.17 bits per heavy atom. The van der Waals surface area contributed by atoms with Crippen LogP contribution in [0.5, 0.6) is 0 Å². The lowest BCUT2D eigenvalue weighted by Gasteiger charge is -2.33. The first-order chi connectivity index (χ1) is 19.6. The average Bonchev–Trinajstić information content (AvgIpc) is 3.12. The molecule has 2 aromatic heterocycles. The Morgan fingerprint density at radius 1 is 1.10 bits per heavy atom. The molecule has 2 aliphatic rings. The Bertz CT molecular complexity index is 1340. The largest absolute Gasteiger partial charge is 0.510 e. The fraction of sp³-hybridized carbons (Fsp3) is 0.682. The van der Waals surface area contributed by atoms with Gasteiger partial charge in [0.25, 0.3) is 0 Å². The summed E-state index contributed by atoms with van der Waals surface area (Å²) in [6.07, 6.45) is -4.51. The van der Waals surface area contributed by atoms with Gasteiger partial charge in [0, 0.05) is 0 Å². The molecule has 1 aliphatic heterocycles. The predicted molar refractivity (Wildman–Crippen MR) is 134 cm³/mol. The zero-order valence-electron chi connectivity index (χ0n) is 23.2. The highest BCUT2D eigenvalue weighted by Crippen LogP contribution is 2.72. The molecule has 0 amide bonds. The molecule has 18 nitrogen and oxygen atoms in total. The van der Waals surface area contributed by atoms with Gasteiger partial charge in [-0.15, -0.1) is 0 Å². The van der Waals surface area contributed by atoms with Crippen molar-refractivity contribution in [2.75, 3.05) is 26.0 Å². The highest BCUT2D eigenvalue weighted by Gasteiger charge is 2.93. The monoisotopic (exact) mass is 623 g/mol. The van der Waals surface area contributed by atoms with Crippen molar-refractivity contribution in [3.63, 3.8) is 0 Å². The molecule has 5 atom stereocenters. The number of alkyl halides is 1. The van der Waals surface area contributed by atoms with Crippen LogP contribution >= 0.6 is 7.82 Å². The second-order valence-electron chi connectivity index (χ2n) is 10.0. The number of phosphoric acid groups is 1. The van der Waals surface area contributed by atoms with E-state index in [0.29, 0.717) is 0 Å². The van der Waals surface area contributed by atoms with E-state index in [1.54, 1.807) is 27.7 Å². The summed E-state index contributed by atoms with van der Waals surface area (Å²) in [5.41, 5.74) is -1.11. The number of phosphoric ester groups is 1. The molecule has 0 radical (unpaired) electrons. The first-order valence-corrected chi connectivity index (χ1v) is 13.9. The fourth-order valence-corrected chi connectivity index (χ4v) is 5.64. The lowest BCUT2D eigenvalue weighted by atomic mass is 9.94. The van der Waals surface area contributed by atoms with Crippen molar-refractivity contribution < 1.29 is 66.0 Å². The summed E-state index contributed by atoms with van der Waals surface area (Å²) < 4.78 is 69.2. The number of aromatic nitrogens is 4. The van der Waals surface area contributed by atoms with Crippen molar-refractivity contribution in [3.05, 3.63) is 12.7 Å². The van der Waals surface area contributed by atoms with Crippen LogP contribution in [-0.2, 0) is 41.8 Å². The van der Waals surface area contributed by atoms with Crippen molar-refractivity contribution in [2.24, 2.45) is 0 Å². The lowest BCUT2D eigenvalue weighted by molar-refractivity contribution is -0.166. The third kappa shape index (κ3) is 5.48. The molecule has 42 heavy (non-hydrogen) atoms. The molecule has 1 aliphatic carbocycles. The third-order valence-corrected chi connectivity index (χ3v) is 7.76. The molecule has 3 heterocycles. The predicted octanol–water partition coefficient (Wildman–Crippen LogP) is 1.71. The van der Waals surface area contributed by atoms with Crippen LogP contribution in [0.15, 0.2) is 12.7 Å². The average molecular weight is 623 g/mol. The summed E-state index contributed by atoms with van der Waals surface area (Å²) in [6.45, 7) is 3.74. The first-order valence-electron chi connectivity index (χ1n) is 12.5. The zero-order chi connectivity index (χ0) is 31.1. The van der Waals surface area contributed by atoms with Gasteiger partial charge in [-0.2, -0.15) is 0 Å². The maximum atomic E-state index is 14.6. The molecule has 1 saturated heterocycles. The van der Waals surface area contributed by atoms with Crippen LogP contribution < -0.4 is 5.73 Å². The maximum absolute atomic E-state index is 14.6. The Balaban J connectivity index is 1.54. The van der Waals surface area contributed by atoms with Crippen LogP contribution in [-0.4, -0.2) is 97.4 Å². The van der Waals surface area contributed by atoms with Gasteiger partial charge < -0.3 is 39.6 Å². The van der Waals surface area contributed by atoms with Gasteiger partial charge in [-0.1, -0.05) is 0 Å². The first kappa shape index (κ1) is 31.7. The Kier molecular flexibility index (Phi) is 8.67. The minimum absolute atomic E-state index is 0.0240. The maximum Gasteiger partial charge on any atom is 0.510 e. The van der Waals surface area contributed by atoms with E-state index in [1.165, 1.54) is 10.9 Å². The summed E-state index contributed by atoms with van der Waals surface area (Å²) in [5, 5.41) is 23.0. The van der Waals surface area contributed by atoms with E-state index in [2.05, 4.69) is 24.4 Å².